The second kappa shape index (κ2) is 7.36. The minimum atomic E-state index is -0.0817. The van der Waals surface area contributed by atoms with Crippen LogP contribution in [0.4, 0.5) is 0 Å². The van der Waals surface area contributed by atoms with Crippen LogP contribution in [0.15, 0.2) is 23.9 Å². The Bertz CT molecular complexity index is 209. The molecule has 0 atom stereocenters. The molecule has 0 aliphatic rings. The highest BCUT2D eigenvalue weighted by Gasteiger charge is 2.01. The molecule has 13 heavy (non-hydrogen) atoms. The highest BCUT2D eigenvalue weighted by molar-refractivity contribution is 5.95. The van der Waals surface area contributed by atoms with Crippen molar-refractivity contribution in [1.29, 1.82) is 0 Å². The van der Waals surface area contributed by atoms with Crippen LogP contribution in [0.3, 0.4) is 0 Å². The van der Waals surface area contributed by atoms with E-state index in [1.165, 1.54) is 0 Å². The van der Waals surface area contributed by atoms with Crippen LogP contribution in [0.5, 0.6) is 0 Å². The van der Waals surface area contributed by atoms with E-state index in [0.717, 1.165) is 0 Å². The Morgan fingerprint density at radius 2 is 2.00 bits per heavy atom. The Hall–Kier alpha value is -1.29. The van der Waals surface area contributed by atoms with Crippen molar-refractivity contribution in [2.45, 2.75) is 0 Å². The predicted octanol–water partition coefficient (Wildman–Crippen LogP) is -0.389. The van der Waals surface area contributed by atoms with Gasteiger partial charge in [-0.15, -0.1) is 0 Å². The number of carbonyl (C=O) groups is 1. The molecule has 0 aromatic rings. The van der Waals surface area contributed by atoms with Gasteiger partial charge in [-0.1, -0.05) is 6.08 Å². The van der Waals surface area contributed by atoms with Gasteiger partial charge in [0.05, 0.1) is 0 Å². The SMILES string of the molecule is CN/C=C\C(=C/CNC)C(=O)NC. The highest BCUT2D eigenvalue weighted by atomic mass is 16.1. The molecule has 0 aromatic carbocycles. The van der Waals surface area contributed by atoms with E-state index in [-0.39, 0.29) is 5.91 Å². The average Bonchev–Trinajstić information content (AvgIpc) is 2.17. The van der Waals surface area contributed by atoms with Gasteiger partial charge in [0.25, 0.3) is 5.91 Å². The van der Waals surface area contributed by atoms with Gasteiger partial charge in [-0.25, -0.2) is 0 Å². The highest BCUT2D eigenvalue weighted by Crippen LogP contribution is 1.95. The predicted molar refractivity (Wildman–Crippen MR) is 54.3 cm³/mol. The summed E-state index contributed by atoms with van der Waals surface area (Å²) < 4.78 is 0. The van der Waals surface area contributed by atoms with Crippen molar-refractivity contribution in [2.75, 3.05) is 27.7 Å². The maximum atomic E-state index is 11.2. The molecular formula is C9H17N3O. The molecule has 74 valence electrons. The van der Waals surface area contributed by atoms with E-state index < -0.39 is 0 Å². The van der Waals surface area contributed by atoms with Crippen LogP contribution in [0, 0.1) is 0 Å². The first-order valence-corrected chi connectivity index (χ1v) is 4.17. The normalized spacial score (nSPS) is 11.8. The van der Waals surface area contributed by atoms with Crippen molar-refractivity contribution in [2.24, 2.45) is 0 Å². The standard InChI is InChI=1S/C9H17N3O/c1-10-6-4-8(5-7-11-2)9(13)12-3/h4-6,10-11H,7H2,1-3H3,(H,12,13)/b6-4-,8-5+. The average molecular weight is 183 g/mol. The van der Waals surface area contributed by atoms with Crippen LogP contribution >= 0.6 is 0 Å². The smallest absolute Gasteiger partial charge is 0.250 e. The van der Waals surface area contributed by atoms with Gasteiger partial charge in [-0.3, -0.25) is 4.79 Å². The number of rotatable bonds is 5. The zero-order valence-electron chi connectivity index (χ0n) is 8.35. The molecule has 0 bridgehead atoms. The largest absolute Gasteiger partial charge is 0.394 e. The van der Waals surface area contributed by atoms with Crippen molar-refractivity contribution < 1.29 is 4.79 Å². The van der Waals surface area contributed by atoms with Crippen LogP contribution in [0.1, 0.15) is 0 Å². The molecule has 1 amide bonds. The Balaban J connectivity index is 4.35. The van der Waals surface area contributed by atoms with E-state index in [0.29, 0.717) is 12.1 Å². The Labute approximate surface area is 79.1 Å². The van der Waals surface area contributed by atoms with Gasteiger partial charge in [0.1, 0.15) is 0 Å². The molecular weight excluding hydrogens is 166 g/mol. The summed E-state index contributed by atoms with van der Waals surface area (Å²) in [5.74, 6) is -0.0817. The van der Waals surface area contributed by atoms with Gasteiger partial charge in [0.2, 0.25) is 0 Å². The molecule has 4 nitrogen and oxygen atoms in total. The van der Waals surface area contributed by atoms with Crippen molar-refractivity contribution >= 4 is 5.91 Å². The van der Waals surface area contributed by atoms with E-state index in [1.54, 1.807) is 26.4 Å². The number of hydrogen-bond acceptors (Lipinski definition) is 3. The van der Waals surface area contributed by atoms with Crippen LogP contribution in [0.2, 0.25) is 0 Å². The molecule has 0 aromatic heterocycles. The Morgan fingerprint density at radius 1 is 1.31 bits per heavy atom. The van der Waals surface area contributed by atoms with Gasteiger partial charge >= 0.3 is 0 Å². The maximum absolute atomic E-state index is 11.2. The third-order valence-electron chi connectivity index (χ3n) is 1.44. The summed E-state index contributed by atoms with van der Waals surface area (Å²) in [6.07, 6.45) is 5.28. The lowest BCUT2D eigenvalue weighted by molar-refractivity contribution is -0.116. The fourth-order valence-corrected chi connectivity index (χ4v) is 0.766. The van der Waals surface area contributed by atoms with Gasteiger partial charge in [-0.05, 0) is 19.3 Å². The van der Waals surface area contributed by atoms with Gasteiger partial charge < -0.3 is 16.0 Å². The van der Waals surface area contributed by atoms with Crippen LogP contribution in [0.25, 0.3) is 0 Å². The lowest BCUT2D eigenvalue weighted by Gasteiger charge is -2.00. The second-order valence-electron chi connectivity index (χ2n) is 2.42. The number of amides is 1. The van der Waals surface area contributed by atoms with Crippen molar-refractivity contribution in [1.82, 2.24) is 16.0 Å². The zero-order chi connectivity index (χ0) is 10.1. The summed E-state index contributed by atoms with van der Waals surface area (Å²) in [5.41, 5.74) is 0.645. The van der Waals surface area contributed by atoms with Crippen molar-refractivity contribution in [3.8, 4) is 0 Å². The first kappa shape index (κ1) is 11.7. The second-order valence-corrected chi connectivity index (χ2v) is 2.42. The molecule has 0 aliphatic heterocycles. The molecule has 0 aliphatic carbocycles. The monoisotopic (exact) mass is 183 g/mol. The summed E-state index contributed by atoms with van der Waals surface area (Å²) in [6, 6.07) is 0. The summed E-state index contributed by atoms with van der Waals surface area (Å²) in [6.45, 7) is 0.677. The molecule has 0 heterocycles. The van der Waals surface area contributed by atoms with Gasteiger partial charge in [0.15, 0.2) is 0 Å². The number of nitrogens with one attached hydrogen (secondary N) is 3. The zero-order valence-corrected chi connectivity index (χ0v) is 8.35. The molecule has 0 saturated carbocycles. The van der Waals surface area contributed by atoms with Gasteiger partial charge in [0, 0.05) is 26.2 Å². The van der Waals surface area contributed by atoms with Crippen LogP contribution < -0.4 is 16.0 Å². The molecule has 0 saturated heterocycles. The summed E-state index contributed by atoms with van der Waals surface area (Å²) in [4.78, 5) is 11.2. The first-order valence-electron chi connectivity index (χ1n) is 4.17. The number of likely N-dealkylation sites (N-methyl/N-ethyl adjacent to an activating group) is 2. The van der Waals surface area contributed by atoms with E-state index in [1.807, 2.05) is 13.1 Å². The molecule has 0 unspecified atom stereocenters. The number of hydrogen-bond donors (Lipinski definition) is 3. The fraction of sp³-hybridized carbons (Fsp3) is 0.444. The molecule has 0 radical (unpaired) electrons. The maximum Gasteiger partial charge on any atom is 0.250 e. The minimum absolute atomic E-state index is 0.0817. The van der Waals surface area contributed by atoms with E-state index in [9.17, 15) is 4.79 Å². The third kappa shape index (κ3) is 5.03. The van der Waals surface area contributed by atoms with E-state index in [2.05, 4.69) is 16.0 Å². The Kier molecular flexibility index (Phi) is 6.63. The topological polar surface area (TPSA) is 53.2 Å². The van der Waals surface area contributed by atoms with E-state index in [4.69, 9.17) is 0 Å². The molecule has 3 N–H and O–H groups in total. The molecule has 0 fully saturated rings. The third-order valence-corrected chi connectivity index (χ3v) is 1.44. The molecule has 0 spiro atoms. The summed E-state index contributed by atoms with van der Waals surface area (Å²) in [5, 5.41) is 8.34. The lowest BCUT2D eigenvalue weighted by Crippen LogP contribution is -2.20. The fourth-order valence-electron chi connectivity index (χ4n) is 0.766. The summed E-state index contributed by atoms with van der Waals surface area (Å²) >= 11 is 0. The minimum Gasteiger partial charge on any atom is -0.394 e. The van der Waals surface area contributed by atoms with Gasteiger partial charge in [-0.2, -0.15) is 0 Å². The Morgan fingerprint density at radius 3 is 2.46 bits per heavy atom. The van der Waals surface area contributed by atoms with Crippen LogP contribution in [-0.4, -0.2) is 33.6 Å². The van der Waals surface area contributed by atoms with Crippen LogP contribution in [-0.2, 0) is 4.79 Å². The van der Waals surface area contributed by atoms with Crippen molar-refractivity contribution in [3.63, 3.8) is 0 Å². The first-order chi connectivity index (χ1) is 6.26. The molecule has 4 heteroatoms. The molecule has 0 rings (SSSR count). The summed E-state index contributed by atoms with van der Waals surface area (Å²) in [7, 11) is 5.23. The quantitative estimate of drug-likeness (QED) is 0.402. The lowest BCUT2D eigenvalue weighted by atomic mass is 10.2. The number of carbonyl (C=O) groups excluding carboxylic acids is 1. The van der Waals surface area contributed by atoms with Crippen molar-refractivity contribution in [3.05, 3.63) is 23.9 Å². The van der Waals surface area contributed by atoms with E-state index >= 15 is 0 Å².